The molecule has 5 nitrogen and oxygen atoms in total. The lowest BCUT2D eigenvalue weighted by atomic mass is 10.1. The summed E-state index contributed by atoms with van der Waals surface area (Å²) in [6.45, 7) is 5.67. The predicted octanol–water partition coefficient (Wildman–Crippen LogP) is 1.53. The summed E-state index contributed by atoms with van der Waals surface area (Å²) in [5.74, 6) is 1.14. The summed E-state index contributed by atoms with van der Waals surface area (Å²) in [7, 11) is -0.800. The van der Waals surface area contributed by atoms with Crippen molar-refractivity contribution in [2.45, 2.75) is 33.2 Å². The smallest absolute Gasteiger partial charge is 0.167 e. The number of anilines is 1. The Morgan fingerprint density at radius 3 is 2.67 bits per heavy atom. The summed E-state index contributed by atoms with van der Waals surface area (Å²) in [5.41, 5.74) is 2.15. The highest BCUT2D eigenvalue weighted by atomic mass is 32.2. The number of nitrogens with one attached hydrogen (secondary N) is 1. The van der Waals surface area contributed by atoms with Gasteiger partial charge in [0.1, 0.15) is 11.6 Å². The molecule has 0 fully saturated rings. The molecule has 0 aliphatic carbocycles. The number of aryl methyl sites for hydroxylation is 1. The van der Waals surface area contributed by atoms with Gasteiger partial charge in [-0.15, -0.1) is 5.10 Å². The standard InChI is InChI=1S/C12H18N4OS/c1-8(5-6-18(4)17)14-12-11(7-13)9(2)10(3)15-16-12/h8H,5-6H2,1-4H3,(H,14,16). The first kappa shape index (κ1) is 14.6. The Bertz CT molecular complexity index is 496. The van der Waals surface area contributed by atoms with Crippen LogP contribution in [0.2, 0.25) is 0 Å². The van der Waals surface area contributed by atoms with Gasteiger partial charge in [0.2, 0.25) is 0 Å². The Balaban J connectivity index is 2.82. The highest BCUT2D eigenvalue weighted by molar-refractivity contribution is 7.84. The number of nitriles is 1. The number of hydrogen-bond acceptors (Lipinski definition) is 5. The molecule has 1 rings (SSSR count). The maximum atomic E-state index is 11.0. The second kappa shape index (κ2) is 6.45. The molecule has 0 aromatic carbocycles. The van der Waals surface area contributed by atoms with Crippen LogP contribution in [0.4, 0.5) is 5.82 Å². The second-order valence-corrected chi connectivity index (χ2v) is 5.91. The minimum atomic E-state index is -0.800. The van der Waals surface area contributed by atoms with Crippen molar-refractivity contribution in [2.24, 2.45) is 0 Å². The van der Waals surface area contributed by atoms with Gasteiger partial charge in [-0.05, 0) is 32.8 Å². The van der Waals surface area contributed by atoms with Gasteiger partial charge >= 0.3 is 0 Å². The zero-order valence-electron chi connectivity index (χ0n) is 11.1. The van der Waals surface area contributed by atoms with Gasteiger partial charge in [-0.3, -0.25) is 4.21 Å². The number of rotatable bonds is 5. The minimum Gasteiger partial charge on any atom is -0.365 e. The topological polar surface area (TPSA) is 78.7 Å². The van der Waals surface area contributed by atoms with E-state index in [1.54, 1.807) is 6.26 Å². The Labute approximate surface area is 110 Å². The van der Waals surface area contributed by atoms with Crippen LogP contribution in [-0.4, -0.2) is 32.5 Å². The lowest BCUT2D eigenvalue weighted by Gasteiger charge is -2.15. The lowest BCUT2D eigenvalue weighted by molar-refractivity contribution is 0.678. The molecular weight excluding hydrogens is 248 g/mol. The number of aromatic nitrogens is 2. The highest BCUT2D eigenvalue weighted by Crippen LogP contribution is 2.18. The van der Waals surface area contributed by atoms with Crippen LogP contribution in [0.3, 0.4) is 0 Å². The Kier molecular flexibility index (Phi) is 5.23. The normalized spacial score (nSPS) is 13.7. The molecule has 0 aliphatic heterocycles. The van der Waals surface area contributed by atoms with Crippen LogP contribution in [0.15, 0.2) is 0 Å². The van der Waals surface area contributed by atoms with Gasteiger partial charge in [-0.2, -0.15) is 10.4 Å². The van der Waals surface area contributed by atoms with E-state index in [4.69, 9.17) is 5.26 Å². The van der Waals surface area contributed by atoms with Crippen LogP contribution >= 0.6 is 0 Å². The summed E-state index contributed by atoms with van der Waals surface area (Å²) < 4.78 is 11.0. The fourth-order valence-corrected chi connectivity index (χ4v) is 2.18. The van der Waals surface area contributed by atoms with Crippen molar-refractivity contribution < 1.29 is 4.21 Å². The first-order chi connectivity index (χ1) is 8.45. The zero-order valence-corrected chi connectivity index (χ0v) is 12.0. The first-order valence-corrected chi connectivity index (χ1v) is 7.49. The molecule has 6 heteroatoms. The Hall–Kier alpha value is -1.48. The van der Waals surface area contributed by atoms with E-state index in [0.29, 0.717) is 17.1 Å². The average molecular weight is 266 g/mol. The molecule has 0 saturated heterocycles. The van der Waals surface area contributed by atoms with Crippen molar-refractivity contribution in [3.8, 4) is 6.07 Å². The Morgan fingerprint density at radius 1 is 1.44 bits per heavy atom. The number of hydrogen-bond donors (Lipinski definition) is 1. The average Bonchev–Trinajstić information content (AvgIpc) is 2.32. The SMILES string of the molecule is Cc1nnc(NC(C)CCS(C)=O)c(C#N)c1C. The van der Waals surface area contributed by atoms with Gasteiger partial charge in [0, 0.05) is 28.9 Å². The molecule has 0 radical (unpaired) electrons. The number of nitrogens with zero attached hydrogens (tertiary/aromatic N) is 3. The van der Waals surface area contributed by atoms with Gasteiger partial charge in [-0.1, -0.05) is 0 Å². The fourth-order valence-electron chi connectivity index (χ4n) is 1.49. The molecule has 98 valence electrons. The molecular formula is C12H18N4OS. The van der Waals surface area contributed by atoms with Crippen molar-refractivity contribution in [1.29, 1.82) is 5.26 Å². The molecule has 0 bridgehead atoms. The van der Waals surface area contributed by atoms with E-state index in [0.717, 1.165) is 17.7 Å². The van der Waals surface area contributed by atoms with Gasteiger partial charge in [-0.25, -0.2) is 0 Å². The maximum Gasteiger partial charge on any atom is 0.167 e. The molecule has 0 saturated carbocycles. The molecule has 2 atom stereocenters. The van der Waals surface area contributed by atoms with Crippen molar-refractivity contribution in [1.82, 2.24) is 10.2 Å². The van der Waals surface area contributed by atoms with E-state index >= 15 is 0 Å². The Morgan fingerprint density at radius 2 is 2.11 bits per heavy atom. The van der Waals surface area contributed by atoms with Gasteiger partial charge in [0.25, 0.3) is 0 Å². The summed E-state index contributed by atoms with van der Waals surface area (Å²) in [5, 5.41) is 20.3. The van der Waals surface area contributed by atoms with E-state index in [-0.39, 0.29) is 6.04 Å². The minimum absolute atomic E-state index is 0.109. The van der Waals surface area contributed by atoms with E-state index in [2.05, 4.69) is 21.6 Å². The third kappa shape index (κ3) is 3.77. The van der Waals surface area contributed by atoms with Gasteiger partial charge in [0.05, 0.1) is 5.69 Å². The van der Waals surface area contributed by atoms with E-state index in [1.807, 2.05) is 20.8 Å². The second-order valence-electron chi connectivity index (χ2n) is 4.36. The quantitative estimate of drug-likeness (QED) is 0.874. The molecule has 1 N–H and O–H groups in total. The monoisotopic (exact) mass is 266 g/mol. The van der Waals surface area contributed by atoms with Crippen molar-refractivity contribution in [2.75, 3.05) is 17.3 Å². The largest absolute Gasteiger partial charge is 0.365 e. The molecule has 18 heavy (non-hydrogen) atoms. The van der Waals surface area contributed by atoms with E-state index in [1.165, 1.54) is 0 Å². The van der Waals surface area contributed by atoms with E-state index in [9.17, 15) is 4.21 Å². The van der Waals surface area contributed by atoms with Crippen LogP contribution < -0.4 is 5.32 Å². The molecule has 0 aliphatic rings. The van der Waals surface area contributed by atoms with Crippen molar-refractivity contribution in [3.05, 3.63) is 16.8 Å². The maximum absolute atomic E-state index is 11.0. The van der Waals surface area contributed by atoms with Crippen molar-refractivity contribution in [3.63, 3.8) is 0 Å². The molecule has 2 unspecified atom stereocenters. The molecule has 0 spiro atoms. The fraction of sp³-hybridized carbons (Fsp3) is 0.583. The zero-order chi connectivity index (χ0) is 13.7. The van der Waals surface area contributed by atoms with Crippen LogP contribution in [0.5, 0.6) is 0 Å². The molecule has 1 aromatic rings. The van der Waals surface area contributed by atoms with Crippen LogP contribution in [-0.2, 0) is 10.8 Å². The summed E-state index contributed by atoms with van der Waals surface area (Å²) in [6.07, 6.45) is 2.45. The highest BCUT2D eigenvalue weighted by Gasteiger charge is 2.13. The third-order valence-corrected chi connectivity index (χ3v) is 3.60. The third-order valence-electron chi connectivity index (χ3n) is 2.79. The molecule has 1 aromatic heterocycles. The van der Waals surface area contributed by atoms with E-state index < -0.39 is 10.8 Å². The lowest BCUT2D eigenvalue weighted by Crippen LogP contribution is -2.20. The summed E-state index contributed by atoms with van der Waals surface area (Å²) in [4.78, 5) is 0. The van der Waals surface area contributed by atoms with Crippen LogP contribution in [0.1, 0.15) is 30.2 Å². The van der Waals surface area contributed by atoms with Crippen LogP contribution in [0.25, 0.3) is 0 Å². The summed E-state index contributed by atoms with van der Waals surface area (Å²) >= 11 is 0. The molecule has 0 amide bonds. The van der Waals surface area contributed by atoms with Crippen LogP contribution in [0, 0.1) is 25.2 Å². The van der Waals surface area contributed by atoms with Gasteiger partial charge in [0.15, 0.2) is 5.82 Å². The first-order valence-electron chi connectivity index (χ1n) is 5.76. The predicted molar refractivity (Wildman–Crippen MR) is 72.9 cm³/mol. The summed E-state index contributed by atoms with van der Waals surface area (Å²) in [6, 6.07) is 2.26. The van der Waals surface area contributed by atoms with Crippen molar-refractivity contribution >= 4 is 16.6 Å². The van der Waals surface area contributed by atoms with Gasteiger partial charge < -0.3 is 5.32 Å². The molecule has 1 heterocycles.